The second-order valence-electron chi connectivity index (χ2n) is 6.79. The number of rotatable bonds is 6. The molecular weight excluding hydrogens is 250 g/mol. The van der Waals surface area contributed by atoms with E-state index in [2.05, 4.69) is 29.1 Å². The van der Waals surface area contributed by atoms with Gasteiger partial charge in [-0.25, -0.2) is 0 Å². The average Bonchev–Trinajstić information content (AvgIpc) is 2.83. The molecule has 1 saturated carbocycles. The van der Waals surface area contributed by atoms with Crippen molar-refractivity contribution in [2.45, 2.75) is 46.0 Å². The summed E-state index contributed by atoms with van der Waals surface area (Å²) < 4.78 is 5.64. The molecule has 1 N–H and O–H groups in total. The van der Waals surface area contributed by atoms with E-state index in [9.17, 15) is 0 Å². The molecule has 0 radical (unpaired) electrons. The van der Waals surface area contributed by atoms with Gasteiger partial charge in [-0.2, -0.15) is 0 Å². The molecule has 0 aromatic heterocycles. The van der Waals surface area contributed by atoms with E-state index in [1.54, 1.807) is 0 Å². The molecule has 0 aromatic carbocycles. The Labute approximate surface area is 124 Å². The van der Waals surface area contributed by atoms with E-state index in [4.69, 9.17) is 4.74 Å². The Kier molecular flexibility index (Phi) is 5.70. The molecule has 1 saturated heterocycles. The summed E-state index contributed by atoms with van der Waals surface area (Å²) in [4.78, 5) is 6.84. The van der Waals surface area contributed by atoms with E-state index in [0.29, 0.717) is 5.41 Å². The first-order valence-corrected chi connectivity index (χ1v) is 8.18. The Morgan fingerprint density at radius 3 is 2.65 bits per heavy atom. The number of hydrogen-bond acceptors (Lipinski definition) is 2. The standard InChI is InChI=1S/C16H31N3O/c1-14(2)5-11-20-12-9-18-15(17-3)19-10-8-16(13-19)6-4-7-16/h14H,4-13H2,1-3H3,(H,17,18). The Hall–Kier alpha value is -0.770. The fourth-order valence-corrected chi connectivity index (χ4v) is 3.19. The van der Waals surface area contributed by atoms with Gasteiger partial charge in [0.25, 0.3) is 0 Å². The maximum atomic E-state index is 5.64. The van der Waals surface area contributed by atoms with Crippen molar-refractivity contribution in [2.24, 2.45) is 16.3 Å². The summed E-state index contributed by atoms with van der Waals surface area (Å²) in [6.07, 6.45) is 6.74. The van der Waals surface area contributed by atoms with Crippen LogP contribution in [0.15, 0.2) is 4.99 Å². The molecule has 1 heterocycles. The maximum Gasteiger partial charge on any atom is 0.193 e. The molecule has 1 spiro atoms. The van der Waals surface area contributed by atoms with Crippen LogP contribution in [0, 0.1) is 11.3 Å². The van der Waals surface area contributed by atoms with Gasteiger partial charge in [-0.15, -0.1) is 0 Å². The highest BCUT2D eigenvalue weighted by molar-refractivity contribution is 5.80. The third-order valence-electron chi connectivity index (χ3n) is 4.73. The van der Waals surface area contributed by atoms with Gasteiger partial charge in [-0.05, 0) is 37.0 Å². The van der Waals surface area contributed by atoms with Gasteiger partial charge >= 0.3 is 0 Å². The third kappa shape index (κ3) is 4.11. The van der Waals surface area contributed by atoms with Crippen LogP contribution in [0.4, 0.5) is 0 Å². The highest BCUT2D eigenvalue weighted by atomic mass is 16.5. The molecular formula is C16H31N3O. The van der Waals surface area contributed by atoms with Crippen molar-refractivity contribution in [1.29, 1.82) is 0 Å². The van der Waals surface area contributed by atoms with Crippen molar-refractivity contribution in [3.8, 4) is 0 Å². The molecule has 0 amide bonds. The summed E-state index contributed by atoms with van der Waals surface area (Å²) in [5, 5.41) is 3.44. The molecule has 2 aliphatic rings. The minimum atomic E-state index is 0.630. The average molecular weight is 281 g/mol. The fourth-order valence-electron chi connectivity index (χ4n) is 3.19. The number of nitrogens with one attached hydrogen (secondary N) is 1. The van der Waals surface area contributed by atoms with Crippen molar-refractivity contribution in [2.75, 3.05) is 39.9 Å². The zero-order valence-electron chi connectivity index (χ0n) is 13.5. The van der Waals surface area contributed by atoms with Crippen molar-refractivity contribution < 1.29 is 4.74 Å². The van der Waals surface area contributed by atoms with E-state index in [1.807, 2.05) is 7.05 Å². The SMILES string of the molecule is CN=C(NCCOCCC(C)C)N1CCC2(CCC2)C1. The molecule has 0 atom stereocenters. The summed E-state index contributed by atoms with van der Waals surface area (Å²) in [5.74, 6) is 1.78. The predicted molar refractivity (Wildman–Crippen MR) is 84.1 cm³/mol. The molecule has 1 aliphatic carbocycles. The highest BCUT2D eigenvalue weighted by Crippen LogP contribution is 2.47. The van der Waals surface area contributed by atoms with Crippen molar-refractivity contribution in [3.05, 3.63) is 0 Å². The first kappa shape index (κ1) is 15.6. The van der Waals surface area contributed by atoms with Gasteiger partial charge in [0, 0.05) is 33.3 Å². The lowest BCUT2D eigenvalue weighted by Gasteiger charge is -2.38. The van der Waals surface area contributed by atoms with Gasteiger partial charge in [0.1, 0.15) is 0 Å². The third-order valence-corrected chi connectivity index (χ3v) is 4.73. The zero-order valence-corrected chi connectivity index (χ0v) is 13.5. The number of nitrogens with zero attached hydrogens (tertiary/aromatic N) is 2. The summed E-state index contributed by atoms with van der Waals surface area (Å²) in [7, 11) is 1.88. The molecule has 20 heavy (non-hydrogen) atoms. The Morgan fingerprint density at radius 2 is 2.10 bits per heavy atom. The normalized spacial score (nSPS) is 21.6. The van der Waals surface area contributed by atoms with Crippen LogP contribution in [-0.4, -0.2) is 50.8 Å². The van der Waals surface area contributed by atoms with E-state index in [1.165, 1.54) is 32.2 Å². The molecule has 2 fully saturated rings. The van der Waals surface area contributed by atoms with Crippen LogP contribution in [0.25, 0.3) is 0 Å². The van der Waals surface area contributed by atoms with Crippen molar-refractivity contribution >= 4 is 5.96 Å². The van der Waals surface area contributed by atoms with Crippen LogP contribution in [0.5, 0.6) is 0 Å². The number of guanidine groups is 1. The second-order valence-corrected chi connectivity index (χ2v) is 6.79. The minimum absolute atomic E-state index is 0.630. The highest BCUT2D eigenvalue weighted by Gasteiger charge is 2.43. The Bertz CT molecular complexity index is 324. The van der Waals surface area contributed by atoms with Gasteiger partial charge < -0.3 is 15.0 Å². The predicted octanol–water partition coefficient (Wildman–Crippen LogP) is 2.50. The first-order valence-electron chi connectivity index (χ1n) is 8.18. The lowest BCUT2D eigenvalue weighted by Crippen LogP contribution is -2.43. The van der Waals surface area contributed by atoms with E-state index in [0.717, 1.165) is 44.6 Å². The van der Waals surface area contributed by atoms with E-state index < -0.39 is 0 Å². The van der Waals surface area contributed by atoms with Crippen LogP contribution in [0.2, 0.25) is 0 Å². The molecule has 0 aromatic rings. The summed E-state index contributed by atoms with van der Waals surface area (Å²) in [5.41, 5.74) is 0.630. The van der Waals surface area contributed by atoms with Gasteiger partial charge in [-0.3, -0.25) is 4.99 Å². The smallest absolute Gasteiger partial charge is 0.193 e. The van der Waals surface area contributed by atoms with Crippen molar-refractivity contribution in [3.63, 3.8) is 0 Å². The van der Waals surface area contributed by atoms with Gasteiger partial charge in [0.05, 0.1) is 6.61 Å². The van der Waals surface area contributed by atoms with Crippen molar-refractivity contribution in [1.82, 2.24) is 10.2 Å². The number of likely N-dealkylation sites (tertiary alicyclic amines) is 1. The number of ether oxygens (including phenoxy) is 1. The second kappa shape index (κ2) is 7.30. The van der Waals surface area contributed by atoms with Crippen LogP contribution in [0.1, 0.15) is 46.0 Å². The van der Waals surface area contributed by atoms with Gasteiger partial charge in [-0.1, -0.05) is 20.3 Å². The van der Waals surface area contributed by atoms with Gasteiger partial charge in [0.15, 0.2) is 5.96 Å². The topological polar surface area (TPSA) is 36.9 Å². The van der Waals surface area contributed by atoms with Crippen LogP contribution in [0.3, 0.4) is 0 Å². The Balaban J connectivity index is 1.61. The van der Waals surface area contributed by atoms with Crippen LogP contribution in [-0.2, 0) is 4.74 Å². The summed E-state index contributed by atoms with van der Waals surface area (Å²) in [6.45, 7) is 9.30. The number of hydrogen-bond donors (Lipinski definition) is 1. The Morgan fingerprint density at radius 1 is 1.30 bits per heavy atom. The fraction of sp³-hybridized carbons (Fsp3) is 0.938. The lowest BCUT2D eigenvalue weighted by atomic mass is 9.68. The maximum absolute atomic E-state index is 5.64. The molecule has 1 aliphatic heterocycles. The molecule has 0 unspecified atom stereocenters. The first-order chi connectivity index (χ1) is 9.65. The number of aliphatic imine (C=N–C) groups is 1. The monoisotopic (exact) mass is 281 g/mol. The summed E-state index contributed by atoms with van der Waals surface area (Å²) >= 11 is 0. The van der Waals surface area contributed by atoms with Gasteiger partial charge in [0.2, 0.25) is 0 Å². The van der Waals surface area contributed by atoms with Crippen LogP contribution >= 0.6 is 0 Å². The molecule has 0 bridgehead atoms. The molecule has 116 valence electrons. The largest absolute Gasteiger partial charge is 0.380 e. The minimum Gasteiger partial charge on any atom is -0.380 e. The van der Waals surface area contributed by atoms with Crippen LogP contribution < -0.4 is 5.32 Å². The van der Waals surface area contributed by atoms with E-state index >= 15 is 0 Å². The van der Waals surface area contributed by atoms with E-state index in [-0.39, 0.29) is 0 Å². The zero-order chi connectivity index (χ0) is 14.4. The molecule has 4 heteroatoms. The quantitative estimate of drug-likeness (QED) is 0.462. The molecule has 4 nitrogen and oxygen atoms in total. The lowest BCUT2D eigenvalue weighted by molar-refractivity contribution is 0.127. The summed E-state index contributed by atoms with van der Waals surface area (Å²) in [6, 6.07) is 0. The molecule has 2 rings (SSSR count).